The van der Waals surface area contributed by atoms with Gasteiger partial charge in [0.25, 0.3) is 0 Å². The molecule has 0 aromatic rings. The number of morpholine rings is 1. The van der Waals surface area contributed by atoms with Crippen molar-refractivity contribution in [2.75, 3.05) is 65.3 Å². The lowest BCUT2D eigenvalue weighted by molar-refractivity contribution is 0.0376. The molecule has 0 atom stereocenters. The summed E-state index contributed by atoms with van der Waals surface area (Å²) in [6, 6.07) is 0. The first-order chi connectivity index (χ1) is 10.9. The van der Waals surface area contributed by atoms with Crippen molar-refractivity contribution in [2.45, 2.75) is 19.8 Å². The Morgan fingerprint density at radius 1 is 1.35 bits per heavy atom. The predicted molar refractivity (Wildman–Crippen MR) is 93.1 cm³/mol. The normalized spacial score (nSPS) is 17.6. The van der Waals surface area contributed by atoms with E-state index in [2.05, 4.69) is 15.2 Å². The van der Waals surface area contributed by atoms with Gasteiger partial charge in [0.1, 0.15) is 0 Å². The van der Waals surface area contributed by atoms with Gasteiger partial charge < -0.3 is 15.8 Å². The Labute approximate surface area is 140 Å². The number of guanidine groups is 1. The van der Waals surface area contributed by atoms with E-state index in [1.807, 2.05) is 6.92 Å². The molecule has 23 heavy (non-hydrogen) atoms. The molecule has 3 N–H and O–H groups in total. The third-order valence-corrected chi connectivity index (χ3v) is 5.11. The van der Waals surface area contributed by atoms with Crippen LogP contribution in [0.5, 0.6) is 0 Å². The van der Waals surface area contributed by atoms with Crippen molar-refractivity contribution in [1.82, 2.24) is 14.5 Å². The minimum Gasteiger partial charge on any atom is -0.379 e. The molecule has 0 radical (unpaired) electrons. The zero-order valence-electron chi connectivity index (χ0n) is 14.3. The van der Waals surface area contributed by atoms with Crippen LogP contribution in [0.2, 0.25) is 0 Å². The van der Waals surface area contributed by atoms with Crippen LogP contribution in [0.25, 0.3) is 0 Å². The molecule has 1 heterocycles. The molecule has 0 aliphatic carbocycles. The van der Waals surface area contributed by atoms with Crippen LogP contribution in [0, 0.1) is 0 Å². The van der Waals surface area contributed by atoms with Gasteiger partial charge >= 0.3 is 0 Å². The van der Waals surface area contributed by atoms with E-state index in [4.69, 9.17) is 10.5 Å². The van der Waals surface area contributed by atoms with Crippen molar-refractivity contribution in [3.05, 3.63) is 0 Å². The first-order valence-corrected chi connectivity index (χ1v) is 10.1. The molecule has 0 aromatic carbocycles. The molecule has 1 aliphatic heterocycles. The Balaban J connectivity index is 2.09. The molecule has 9 heteroatoms. The molecule has 136 valence electrons. The van der Waals surface area contributed by atoms with Crippen LogP contribution in [0.4, 0.5) is 0 Å². The average molecular weight is 350 g/mol. The van der Waals surface area contributed by atoms with Crippen LogP contribution in [-0.2, 0) is 14.8 Å². The number of hydrogen-bond donors (Lipinski definition) is 2. The predicted octanol–water partition coefficient (Wildman–Crippen LogP) is -0.715. The van der Waals surface area contributed by atoms with Gasteiger partial charge in [-0.25, -0.2) is 12.7 Å². The number of nitrogens with one attached hydrogen (secondary N) is 1. The highest BCUT2D eigenvalue weighted by molar-refractivity contribution is 7.88. The Morgan fingerprint density at radius 2 is 2.04 bits per heavy atom. The van der Waals surface area contributed by atoms with Gasteiger partial charge in [-0.1, -0.05) is 6.92 Å². The molecule has 0 amide bonds. The minimum absolute atomic E-state index is 0.425. The highest BCUT2D eigenvalue weighted by atomic mass is 32.2. The fourth-order valence-corrected chi connectivity index (χ4v) is 3.33. The van der Waals surface area contributed by atoms with Crippen LogP contribution >= 0.6 is 0 Å². The van der Waals surface area contributed by atoms with E-state index in [0.717, 1.165) is 45.8 Å². The first kappa shape index (κ1) is 20.1. The summed E-state index contributed by atoms with van der Waals surface area (Å²) < 4.78 is 29.6. The minimum atomic E-state index is -3.12. The van der Waals surface area contributed by atoms with Crippen molar-refractivity contribution in [3.8, 4) is 0 Å². The second kappa shape index (κ2) is 10.8. The van der Waals surface area contributed by atoms with Gasteiger partial charge in [0, 0.05) is 39.3 Å². The van der Waals surface area contributed by atoms with Gasteiger partial charge in [-0.2, -0.15) is 0 Å². The van der Waals surface area contributed by atoms with Crippen LogP contribution in [0.15, 0.2) is 4.99 Å². The summed E-state index contributed by atoms with van der Waals surface area (Å²) in [7, 11) is -3.12. The fraction of sp³-hybridized carbons (Fsp3) is 0.929. The molecule has 1 fully saturated rings. The smallest absolute Gasteiger partial charge is 0.211 e. The molecule has 1 saturated heterocycles. The highest BCUT2D eigenvalue weighted by Crippen LogP contribution is 1.99. The second-order valence-electron chi connectivity index (χ2n) is 5.61. The van der Waals surface area contributed by atoms with E-state index in [1.165, 1.54) is 10.6 Å². The number of nitrogens with zero attached hydrogens (tertiary/aromatic N) is 3. The summed E-state index contributed by atoms with van der Waals surface area (Å²) in [5.74, 6) is 0.425. The van der Waals surface area contributed by atoms with Crippen molar-refractivity contribution in [3.63, 3.8) is 0 Å². The van der Waals surface area contributed by atoms with Crippen LogP contribution in [0.1, 0.15) is 19.8 Å². The van der Waals surface area contributed by atoms with Crippen LogP contribution in [0.3, 0.4) is 0 Å². The fourth-order valence-electron chi connectivity index (χ4n) is 2.40. The van der Waals surface area contributed by atoms with Gasteiger partial charge in [-0.3, -0.25) is 9.89 Å². The quantitative estimate of drug-likeness (QED) is 0.307. The average Bonchev–Trinajstić information content (AvgIpc) is 2.51. The molecule has 0 bridgehead atoms. The van der Waals surface area contributed by atoms with E-state index in [-0.39, 0.29) is 0 Å². The summed E-state index contributed by atoms with van der Waals surface area (Å²) in [6.45, 7) is 8.76. The molecule has 0 saturated carbocycles. The van der Waals surface area contributed by atoms with Crippen LogP contribution < -0.4 is 11.1 Å². The molecule has 0 aromatic heterocycles. The van der Waals surface area contributed by atoms with Crippen LogP contribution in [-0.4, -0.2) is 88.9 Å². The van der Waals surface area contributed by atoms with Crippen molar-refractivity contribution >= 4 is 16.0 Å². The Bertz CT molecular complexity index is 449. The Hall–Kier alpha value is -0.900. The van der Waals surface area contributed by atoms with Gasteiger partial charge in [-0.05, 0) is 19.4 Å². The lowest BCUT2D eigenvalue weighted by Gasteiger charge is -2.26. The maximum Gasteiger partial charge on any atom is 0.211 e. The van der Waals surface area contributed by atoms with Crippen molar-refractivity contribution in [2.24, 2.45) is 10.7 Å². The largest absolute Gasteiger partial charge is 0.379 e. The van der Waals surface area contributed by atoms with Gasteiger partial charge in [0.05, 0.1) is 19.5 Å². The number of aliphatic imine (C=N–C) groups is 1. The van der Waals surface area contributed by atoms with Gasteiger partial charge in [-0.15, -0.1) is 0 Å². The van der Waals surface area contributed by atoms with Crippen molar-refractivity contribution < 1.29 is 13.2 Å². The number of sulfonamides is 1. The number of hydrogen-bond acceptors (Lipinski definition) is 5. The maximum atomic E-state index is 11.4. The zero-order chi connectivity index (χ0) is 17.1. The summed E-state index contributed by atoms with van der Waals surface area (Å²) in [6.07, 6.45) is 2.90. The SMILES string of the molecule is CCN(CCCN=C(N)NCCCN1CCOCC1)S(C)(=O)=O. The van der Waals surface area contributed by atoms with E-state index in [0.29, 0.717) is 32.0 Å². The van der Waals surface area contributed by atoms with E-state index in [9.17, 15) is 8.42 Å². The molecular weight excluding hydrogens is 318 g/mol. The second-order valence-corrected chi connectivity index (χ2v) is 7.59. The lowest BCUT2D eigenvalue weighted by Crippen LogP contribution is -2.39. The third kappa shape index (κ3) is 9.09. The standard InChI is InChI=1S/C14H31N5O3S/c1-3-19(23(2,20)21)9-5-7-17-14(15)16-6-4-8-18-10-12-22-13-11-18/h3-13H2,1-2H3,(H3,15,16,17). The Morgan fingerprint density at radius 3 is 2.65 bits per heavy atom. The number of ether oxygens (including phenoxy) is 1. The third-order valence-electron chi connectivity index (χ3n) is 3.73. The van der Waals surface area contributed by atoms with Gasteiger partial charge in [0.2, 0.25) is 10.0 Å². The summed E-state index contributed by atoms with van der Waals surface area (Å²) in [5.41, 5.74) is 5.80. The topological polar surface area (TPSA) is 100 Å². The molecular formula is C14H31N5O3S. The molecule has 1 aliphatic rings. The molecule has 8 nitrogen and oxygen atoms in total. The molecule has 0 spiro atoms. The molecule has 1 rings (SSSR count). The number of rotatable bonds is 10. The summed E-state index contributed by atoms with van der Waals surface area (Å²) in [4.78, 5) is 6.60. The lowest BCUT2D eigenvalue weighted by atomic mass is 10.3. The molecule has 0 unspecified atom stereocenters. The summed E-state index contributed by atoms with van der Waals surface area (Å²) in [5, 5.41) is 3.09. The van der Waals surface area contributed by atoms with E-state index < -0.39 is 10.0 Å². The number of nitrogens with two attached hydrogens (primary N) is 1. The Kier molecular flexibility index (Phi) is 9.46. The van der Waals surface area contributed by atoms with E-state index in [1.54, 1.807) is 0 Å². The summed E-state index contributed by atoms with van der Waals surface area (Å²) >= 11 is 0. The highest BCUT2D eigenvalue weighted by Gasteiger charge is 2.13. The van der Waals surface area contributed by atoms with E-state index >= 15 is 0 Å². The van der Waals surface area contributed by atoms with Crippen molar-refractivity contribution in [1.29, 1.82) is 0 Å². The zero-order valence-corrected chi connectivity index (χ0v) is 15.1. The van der Waals surface area contributed by atoms with Gasteiger partial charge in [0.15, 0.2) is 5.96 Å². The monoisotopic (exact) mass is 349 g/mol. The first-order valence-electron chi connectivity index (χ1n) is 8.22. The maximum absolute atomic E-state index is 11.4.